The molecule has 3 rings (SSSR count). The summed E-state index contributed by atoms with van der Waals surface area (Å²) in [6.07, 6.45) is 0.355. The highest BCUT2D eigenvalue weighted by molar-refractivity contribution is 9.10. The lowest BCUT2D eigenvalue weighted by Crippen LogP contribution is -2.43. The number of nitrogens with zero attached hydrogens (tertiary/aromatic N) is 2. The van der Waals surface area contributed by atoms with Crippen molar-refractivity contribution < 1.29 is 22.9 Å². The zero-order chi connectivity index (χ0) is 21.0. The highest BCUT2D eigenvalue weighted by atomic mass is 79.9. The van der Waals surface area contributed by atoms with Crippen LogP contribution in [0.5, 0.6) is 5.75 Å². The predicted molar refractivity (Wildman–Crippen MR) is 110 cm³/mol. The van der Waals surface area contributed by atoms with Crippen molar-refractivity contribution in [1.82, 2.24) is 4.90 Å². The first-order chi connectivity index (χ1) is 13.7. The van der Waals surface area contributed by atoms with Gasteiger partial charge < -0.3 is 9.64 Å². The van der Waals surface area contributed by atoms with Crippen molar-refractivity contribution in [3.63, 3.8) is 0 Å². The maximum atomic E-state index is 12.9. The van der Waals surface area contributed by atoms with E-state index in [1.807, 2.05) is 24.3 Å². The number of sulfone groups is 1. The number of nitro groups is 1. The summed E-state index contributed by atoms with van der Waals surface area (Å²) >= 11 is 3.39. The van der Waals surface area contributed by atoms with Gasteiger partial charge in [-0.25, -0.2) is 8.42 Å². The Morgan fingerprint density at radius 3 is 2.66 bits per heavy atom. The van der Waals surface area contributed by atoms with Gasteiger partial charge in [0.1, 0.15) is 0 Å². The molecule has 1 atom stereocenters. The fourth-order valence-electron chi connectivity index (χ4n) is 3.23. The van der Waals surface area contributed by atoms with Crippen molar-refractivity contribution in [2.75, 3.05) is 18.1 Å². The number of carbonyl (C=O) groups is 1. The molecule has 0 aromatic heterocycles. The number of para-hydroxylation sites is 2. The van der Waals surface area contributed by atoms with E-state index in [9.17, 15) is 23.3 Å². The molecule has 2 aromatic carbocycles. The molecule has 0 unspecified atom stereocenters. The maximum Gasteiger partial charge on any atom is 0.310 e. The maximum absolute atomic E-state index is 12.9. The number of halogens is 1. The van der Waals surface area contributed by atoms with Gasteiger partial charge in [0.2, 0.25) is 0 Å². The van der Waals surface area contributed by atoms with Crippen LogP contribution in [0.3, 0.4) is 0 Å². The van der Waals surface area contributed by atoms with E-state index < -0.39 is 33.3 Å². The first-order valence-electron chi connectivity index (χ1n) is 8.86. The second-order valence-electron chi connectivity index (χ2n) is 6.72. The molecule has 0 spiro atoms. The van der Waals surface area contributed by atoms with Crippen LogP contribution in [-0.2, 0) is 21.2 Å². The number of nitro benzene ring substituents is 1. The summed E-state index contributed by atoms with van der Waals surface area (Å²) in [5.41, 5.74) is 0.602. The van der Waals surface area contributed by atoms with Crippen LogP contribution in [0.1, 0.15) is 12.0 Å². The number of hydrogen-bond acceptors (Lipinski definition) is 6. The lowest BCUT2D eigenvalue weighted by atomic mass is 10.1. The Kier molecular flexibility index (Phi) is 6.53. The number of rotatable bonds is 7. The van der Waals surface area contributed by atoms with Crippen molar-refractivity contribution in [3.8, 4) is 5.75 Å². The molecule has 8 nitrogen and oxygen atoms in total. The highest BCUT2D eigenvalue weighted by Crippen LogP contribution is 2.26. The minimum Gasteiger partial charge on any atom is -0.477 e. The Balaban J connectivity index is 1.78. The topological polar surface area (TPSA) is 107 Å². The average molecular weight is 483 g/mol. The second-order valence-corrected chi connectivity index (χ2v) is 9.87. The molecule has 0 N–H and O–H groups in total. The fourth-order valence-corrected chi connectivity index (χ4v) is 5.40. The van der Waals surface area contributed by atoms with Crippen molar-refractivity contribution in [1.29, 1.82) is 0 Å². The first-order valence-corrected chi connectivity index (χ1v) is 11.5. The van der Waals surface area contributed by atoms with Gasteiger partial charge >= 0.3 is 5.69 Å². The Labute approximate surface area is 176 Å². The van der Waals surface area contributed by atoms with Crippen LogP contribution < -0.4 is 4.74 Å². The number of hydrogen-bond donors (Lipinski definition) is 0. The molecule has 1 heterocycles. The highest BCUT2D eigenvalue weighted by Gasteiger charge is 2.35. The molecule has 0 saturated carbocycles. The van der Waals surface area contributed by atoms with E-state index in [0.29, 0.717) is 6.42 Å². The summed E-state index contributed by atoms with van der Waals surface area (Å²) in [5, 5.41) is 11.1. The second kappa shape index (κ2) is 8.91. The molecule has 2 aromatic rings. The van der Waals surface area contributed by atoms with E-state index >= 15 is 0 Å². The Hall–Kier alpha value is -2.46. The molecular weight excluding hydrogens is 464 g/mol. The van der Waals surface area contributed by atoms with Crippen LogP contribution in [0.4, 0.5) is 5.69 Å². The summed E-state index contributed by atoms with van der Waals surface area (Å²) < 4.78 is 30.1. The lowest BCUT2D eigenvalue weighted by Gasteiger charge is -2.28. The third-order valence-corrected chi connectivity index (χ3v) is 6.87. The Morgan fingerprint density at radius 2 is 2.00 bits per heavy atom. The molecule has 0 aliphatic carbocycles. The zero-order valence-corrected chi connectivity index (χ0v) is 17.8. The molecule has 29 heavy (non-hydrogen) atoms. The number of carbonyl (C=O) groups excluding carboxylic acids is 1. The van der Waals surface area contributed by atoms with Gasteiger partial charge in [0.05, 0.1) is 16.4 Å². The quantitative estimate of drug-likeness (QED) is 0.443. The minimum atomic E-state index is -3.19. The Morgan fingerprint density at radius 1 is 1.24 bits per heavy atom. The van der Waals surface area contributed by atoms with E-state index in [1.54, 1.807) is 6.07 Å². The average Bonchev–Trinajstić information content (AvgIpc) is 3.04. The summed E-state index contributed by atoms with van der Waals surface area (Å²) in [6, 6.07) is 12.7. The Bertz CT molecular complexity index is 1030. The van der Waals surface area contributed by atoms with E-state index in [0.717, 1.165) is 10.0 Å². The standard InChI is InChI=1S/C19H19BrN2O6S/c20-15-5-3-4-14(10-15)11-21(16-8-9-29(26,27)13-16)19(23)12-28-18-7-2-1-6-17(18)22(24)25/h1-7,10,16H,8-9,11-13H2/t16-/m0/s1. The summed E-state index contributed by atoms with van der Waals surface area (Å²) in [6.45, 7) is -0.200. The summed E-state index contributed by atoms with van der Waals surface area (Å²) in [5.74, 6) is -0.499. The smallest absolute Gasteiger partial charge is 0.310 e. The van der Waals surface area contributed by atoms with Crippen LogP contribution in [0, 0.1) is 10.1 Å². The van der Waals surface area contributed by atoms with E-state index in [-0.39, 0.29) is 29.5 Å². The normalized spacial score (nSPS) is 17.6. The summed E-state index contributed by atoms with van der Waals surface area (Å²) in [7, 11) is -3.19. The summed E-state index contributed by atoms with van der Waals surface area (Å²) in [4.78, 5) is 24.9. The van der Waals surface area contributed by atoms with Gasteiger partial charge in [-0.1, -0.05) is 40.2 Å². The van der Waals surface area contributed by atoms with Gasteiger partial charge in [-0.3, -0.25) is 14.9 Å². The molecular formula is C19H19BrN2O6S. The zero-order valence-electron chi connectivity index (χ0n) is 15.4. The third kappa shape index (κ3) is 5.54. The van der Waals surface area contributed by atoms with Gasteiger partial charge in [0, 0.05) is 23.1 Å². The van der Waals surface area contributed by atoms with Crippen LogP contribution in [0.2, 0.25) is 0 Å². The van der Waals surface area contributed by atoms with Crippen LogP contribution in [0.15, 0.2) is 53.0 Å². The van der Waals surface area contributed by atoms with E-state index in [1.165, 1.54) is 23.1 Å². The number of ether oxygens (including phenoxy) is 1. The molecule has 0 bridgehead atoms. The molecule has 1 aliphatic heterocycles. The van der Waals surface area contributed by atoms with Crippen molar-refractivity contribution in [3.05, 3.63) is 68.7 Å². The minimum absolute atomic E-state index is 0.00713. The largest absolute Gasteiger partial charge is 0.477 e. The monoisotopic (exact) mass is 482 g/mol. The SMILES string of the molecule is O=C(COc1ccccc1[N+](=O)[O-])N(Cc1cccc(Br)c1)[C@H]1CCS(=O)(=O)C1. The van der Waals surface area contributed by atoms with E-state index in [2.05, 4.69) is 15.9 Å². The van der Waals surface area contributed by atoms with Gasteiger partial charge in [-0.15, -0.1) is 0 Å². The molecule has 1 fully saturated rings. The molecule has 1 aliphatic rings. The molecule has 154 valence electrons. The molecule has 0 radical (unpaired) electrons. The predicted octanol–water partition coefficient (Wildman–Crippen LogP) is 2.95. The van der Waals surface area contributed by atoms with Crippen molar-refractivity contribution in [2.24, 2.45) is 0 Å². The molecule has 1 saturated heterocycles. The van der Waals surface area contributed by atoms with Gasteiger partial charge in [-0.2, -0.15) is 0 Å². The third-order valence-electron chi connectivity index (χ3n) is 4.62. The number of benzene rings is 2. The van der Waals surface area contributed by atoms with Crippen molar-refractivity contribution >= 4 is 37.4 Å². The fraction of sp³-hybridized carbons (Fsp3) is 0.316. The van der Waals surface area contributed by atoms with Gasteiger partial charge in [0.25, 0.3) is 5.91 Å². The lowest BCUT2D eigenvalue weighted by molar-refractivity contribution is -0.385. The first kappa shape index (κ1) is 21.3. The van der Waals surface area contributed by atoms with Crippen LogP contribution in [0.25, 0.3) is 0 Å². The molecule has 1 amide bonds. The van der Waals surface area contributed by atoms with E-state index in [4.69, 9.17) is 4.74 Å². The molecule has 10 heteroatoms. The van der Waals surface area contributed by atoms with Gasteiger partial charge in [-0.05, 0) is 30.2 Å². The van der Waals surface area contributed by atoms with Crippen molar-refractivity contribution in [2.45, 2.75) is 19.0 Å². The van der Waals surface area contributed by atoms with Gasteiger partial charge in [0.15, 0.2) is 22.2 Å². The van der Waals surface area contributed by atoms with Crippen LogP contribution in [-0.4, -0.2) is 48.3 Å². The number of amides is 1. The van der Waals surface area contributed by atoms with Crippen LogP contribution >= 0.6 is 15.9 Å².